The second-order valence-electron chi connectivity index (χ2n) is 6.81. The molecular weight excluding hydrogens is 378 g/mol. The highest BCUT2D eigenvalue weighted by Crippen LogP contribution is 2.12. The third-order valence-corrected chi connectivity index (χ3v) is 4.57. The van der Waals surface area contributed by atoms with Crippen LogP contribution in [-0.4, -0.2) is 30.2 Å². The van der Waals surface area contributed by atoms with Crippen LogP contribution in [0.3, 0.4) is 0 Å². The van der Waals surface area contributed by atoms with E-state index in [1.54, 1.807) is 0 Å². The van der Waals surface area contributed by atoms with Gasteiger partial charge in [-0.3, -0.25) is 4.90 Å². The van der Waals surface area contributed by atoms with Gasteiger partial charge in [0.1, 0.15) is 0 Å². The van der Waals surface area contributed by atoms with Gasteiger partial charge in [0.05, 0.1) is 0 Å². The summed E-state index contributed by atoms with van der Waals surface area (Å²) in [6.07, 6.45) is 16.6. The molecule has 150 valence electrons. The molecule has 0 aromatic rings. The molecule has 1 unspecified atom stereocenters. The Hall–Kier alpha value is -0.350. The number of carbonyl (C=O) groups is 1. The van der Waals surface area contributed by atoms with Gasteiger partial charge in [-0.05, 0) is 19.8 Å². The largest absolute Gasteiger partial charge is 0.443 e. The Morgan fingerprint density at radius 1 is 0.880 bits per heavy atom. The average Bonchev–Trinajstić information content (AvgIpc) is 2.58. The van der Waals surface area contributed by atoms with E-state index in [-0.39, 0.29) is 29.2 Å². The number of ether oxygens (including phenoxy) is 1. The van der Waals surface area contributed by atoms with E-state index in [0.717, 1.165) is 13.1 Å². The van der Waals surface area contributed by atoms with Crippen molar-refractivity contribution in [3.05, 3.63) is 12.7 Å². The molecule has 4 heteroatoms. The Bertz CT molecular complexity index is 294. The van der Waals surface area contributed by atoms with Gasteiger partial charge in [-0.1, -0.05) is 84.6 Å². The first-order valence-corrected chi connectivity index (χ1v) is 10.2. The number of nitrogens with zero attached hydrogens (tertiary/aromatic N) is 1. The van der Waals surface area contributed by atoms with Crippen molar-refractivity contribution >= 4 is 23.0 Å². The minimum atomic E-state index is -0.321. The quantitative estimate of drug-likeness (QED) is 0.114. The molecule has 1 atom stereocenters. The molecule has 0 aliphatic heterocycles. The van der Waals surface area contributed by atoms with Gasteiger partial charge in [-0.15, -0.1) is 17.0 Å². The van der Waals surface area contributed by atoms with Crippen LogP contribution >= 0.6 is 17.0 Å². The molecule has 0 spiro atoms. The topological polar surface area (TPSA) is 29.5 Å². The first kappa shape index (κ1) is 26.9. The Morgan fingerprint density at radius 2 is 1.28 bits per heavy atom. The van der Waals surface area contributed by atoms with Crippen LogP contribution in [0.25, 0.3) is 0 Å². The Labute approximate surface area is 167 Å². The van der Waals surface area contributed by atoms with Gasteiger partial charge in [-0.25, -0.2) is 4.79 Å². The molecule has 0 aliphatic carbocycles. The van der Waals surface area contributed by atoms with Crippen molar-refractivity contribution in [1.82, 2.24) is 4.90 Å². The third-order valence-electron chi connectivity index (χ3n) is 4.57. The van der Waals surface area contributed by atoms with Crippen molar-refractivity contribution in [2.24, 2.45) is 0 Å². The Balaban J connectivity index is 0. The summed E-state index contributed by atoms with van der Waals surface area (Å²) in [5, 5.41) is 0. The highest BCUT2D eigenvalue weighted by molar-refractivity contribution is 8.93. The van der Waals surface area contributed by atoms with Gasteiger partial charge in [0, 0.05) is 19.2 Å². The molecule has 0 saturated carbocycles. The molecule has 0 rings (SSSR count). The van der Waals surface area contributed by atoms with Crippen LogP contribution in [0.1, 0.15) is 97.8 Å². The van der Waals surface area contributed by atoms with E-state index in [1.807, 2.05) is 6.92 Å². The molecule has 0 aromatic heterocycles. The van der Waals surface area contributed by atoms with Gasteiger partial charge < -0.3 is 4.74 Å². The maximum Gasteiger partial charge on any atom is 0.331 e. The normalized spacial score (nSPS) is 11.8. The summed E-state index contributed by atoms with van der Waals surface area (Å²) in [5.74, 6) is -0.321. The number of hydrogen-bond donors (Lipinski definition) is 0. The van der Waals surface area contributed by atoms with Crippen molar-refractivity contribution in [2.45, 2.75) is 104 Å². The zero-order valence-electron chi connectivity index (χ0n) is 16.9. The van der Waals surface area contributed by atoms with Crippen LogP contribution < -0.4 is 0 Å². The summed E-state index contributed by atoms with van der Waals surface area (Å²) in [5.41, 5.74) is 0. The van der Waals surface area contributed by atoms with Crippen LogP contribution in [0.2, 0.25) is 0 Å². The molecule has 0 fully saturated rings. The lowest BCUT2D eigenvalue weighted by molar-refractivity contribution is -0.151. The lowest BCUT2D eigenvalue weighted by Crippen LogP contribution is -2.37. The van der Waals surface area contributed by atoms with E-state index >= 15 is 0 Å². The molecule has 25 heavy (non-hydrogen) atoms. The van der Waals surface area contributed by atoms with E-state index in [4.69, 9.17) is 4.74 Å². The third kappa shape index (κ3) is 16.8. The maximum absolute atomic E-state index is 11.5. The summed E-state index contributed by atoms with van der Waals surface area (Å²) in [6, 6.07) is 0. The molecule has 0 aromatic carbocycles. The monoisotopic (exact) mass is 419 g/mol. The van der Waals surface area contributed by atoms with Gasteiger partial charge >= 0.3 is 5.97 Å². The lowest BCUT2D eigenvalue weighted by Gasteiger charge is -2.28. The van der Waals surface area contributed by atoms with Crippen molar-refractivity contribution in [2.75, 3.05) is 13.1 Å². The molecule has 0 N–H and O–H groups in total. The van der Waals surface area contributed by atoms with E-state index < -0.39 is 0 Å². The van der Waals surface area contributed by atoms with E-state index in [0.29, 0.717) is 0 Å². The maximum atomic E-state index is 11.5. The highest BCUT2D eigenvalue weighted by atomic mass is 79.9. The molecule has 3 nitrogen and oxygen atoms in total. The standard InChI is InChI=1S/C21H41NO2.BrH/c1-5-8-10-12-14-16-18-22(20(4)24-21(23)7-3)19-17-15-13-11-9-6-2;/h7,20H,3,5-6,8-19H2,1-2,4H3;1H. The predicted molar refractivity (Wildman–Crippen MR) is 114 cm³/mol. The minimum Gasteiger partial charge on any atom is -0.443 e. The first-order valence-electron chi connectivity index (χ1n) is 10.2. The van der Waals surface area contributed by atoms with Crippen LogP contribution in [0.5, 0.6) is 0 Å². The van der Waals surface area contributed by atoms with Crippen LogP contribution in [0, 0.1) is 0 Å². The van der Waals surface area contributed by atoms with E-state index in [9.17, 15) is 4.79 Å². The number of unbranched alkanes of at least 4 members (excludes halogenated alkanes) is 10. The number of rotatable bonds is 17. The fourth-order valence-electron chi connectivity index (χ4n) is 2.96. The fourth-order valence-corrected chi connectivity index (χ4v) is 2.96. The molecule has 0 amide bonds. The van der Waals surface area contributed by atoms with Crippen LogP contribution in [0.15, 0.2) is 12.7 Å². The van der Waals surface area contributed by atoms with Gasteiger partial charge in [0.2, 0.25) is 0 Å². The van der Waals surface area contributed by atoms with Crippen LogP contribution in [-0.2, 0) is 9.53 Å². The zero-order chi connectivity index (χ0) is 18.0. The molecule has 0 saturated heterocycles. The Morgan fingerprint density at radius 3 is 1.68 bits per heavy atom. The van der Waals surface area contributed by atoms with Crippen molar-refractivity contribution in [3.63, 3.8) is 0 Å². The number of carbonyl (C=O) groups excluding carboxylic acids is 1. The number of halogens is 1. The summed E-state index contributed by atoms with van der Waals surface area (Å²) < 4.78 is 5.42. The molecule has 0 bridgehead atoms. The van der Waals surface area contributed by atoms with E-state index in [1.165, 1.54) is 83.1 Å². The van der Waals surface area contributed by atoms with Crippen molar-refractivity contribution < 1.29 is 9.53 Å². The minimum absolute atomic E-state index is 0. The summed E-state index contributed by atoms with van der Waals surface area (Å²) in [7, 11) is 0. The molecular formula is C21H42BrNO2. The second-order valence-corrected chi connectivity index (χ2v) is 6.81. The van der Waals surface area contributed by atoms with Crippen LogP contribution in [0.4, 0.5) is 0 Å². The Kier molecular flexibility index (Phi) is 21.5. The smallest absolute Gasteiger partial charge is 0.331 e. The van der Waals surface area contributed by atoms with Gasteiger partial charge in [0.15, 0.2) is 6.23 Å². The summed E-state index contributed by atoms with van der Waals surface area (Å²) in [6.45, 7) is 12.0. The molecule has 0 aliphatic rings. The molecule has 0 radical (unpaired) electrons. The predicted octanol–water partition coefficient (Wildman–Crippen LogP) is 6.66. The van der Waals surface area contributed by atoms with Gasteiger partial charge in [0.25, 0.3) is 0 Å². The van der Waals surface area contributed by atoms with Crippen molar-refractivity contribution in [3.8, 4) is 0 Å². The van der Waals surface area contributed by atoms with E-state index in [2.05, 4.69) is 25.3 Å². The SMILES string of the molecule is Br.C=CC(=O)OC(C)N(CCCCCCCC)CCCCCCCC. The van der Waals surface area contributed by atoms with Gasteiger partial charge in [-0.2, -0.15) is 0 Å². The lowest BCUT2D eigenvalue weighted by atomic mass is 10.1. The fraction of sp³-hybridized carbons (Fsp3) is 0.857. The summed E-state index contributed by atoms with van der Waals surface area (Å²) >= 11 is 0. The number of esters is 1. The van der Waals surface area contributed by atoms with Crippen molar-refractivity contribution in [1.29, 1.82) is 0 Å². The summed E-state index contributed by atoms with van der Waals surface area (Å²) in [4.78, 5) is 13.8. The second kappa shape index (κ2) is 20.0. The average molecular weight is 420 g/mol. The zero-order valence-corrected chi connectivity index (χ0v) is 18.6. The molecule has 0 heterocycles. The number of hydrogen-bond acceptors (Lipinski definition) is 3. The first-order chi connectivity index (χ1) is 11.7. The highest BCUT2D eigenvalue weighted by Gasteiger charge is 2.16.